The lowest BCUT2D eigenvalue weighted by atomic mass is 10.9. The molecule has 0 bridgehead atoms. The molecular weight excluding hydrogens is 110 g/mol. The van der Waals surface area contributed by atoms with Crippen molar-refractivity contribution in [1.82, 2.24) is 4.98 Å². The van der Waals surface area contributed by atoms with Gasteiger partial charge in [0, 0.05) is 0 Å². The molecule has 2 nitrogen and oxygen atoms in total. The van der Waals surface area contributed by atoms with E-state index in [-0.39, 0.29) is 0 Å². The highest BCUT2D eigenvalue weighted by atomic mass is 32.1. The maximum Gasteiger partial charge on any atom is 0.193 e. The molecule has 0 N–H and O–H groups in total. The third kappa shape index (κ3) is 0.899. The number of rotatable bonds is 1. The molecule has 1 aromatic heterocycles. The normalized spacial score (nSPS) is 8.71. The Bertz CT molecular complexity index is 126. The van der Waals surface area contributed by atoms with Gasteiger partial charge >= 0.3 is 0 Å². The third-order valence-electron chi connectivity index (χ3n) is 0.611. The molecule has 1 aromatic rings. The highest BCUT2D eigenvalue weighted by Gasteiger charge is 1.84. The fraction of sp³-hybridized carbons (Fsp3) is 0.250. The number of ether oxygens (including phenoxy) is 1. The first kappa shape index (κ1) is 4.59. The number of hydrogen-bond donors (Lipinski definition) is 0. The SMILES string of the molecule is COc1cncs1. The fourth-order valence-corrected chi connectivity index (χ4v) is 0.748. The first-order valence-corrected chi connectivity index (χ1v) is 2.74. The molecule has 0 saturated carbocycles. The Morgan fingerprint density at radius 1 is 1.86 bits per heavy atom. The van der Waals surface area contributed by atoms with E-state index < -0.39 is 0 Å². The van der Waals surface area contributed by atoms with Crippen LogP contribution in [0, 0.1) is 0 Å². The summed E-state index contributed by atoms with van der Waals surface area (Å²) in [4.78, 5) is 3.79. The van der Waals surface area contributed by atoms with Crippen molar-refractivity contribution in [2.75, 3.05) is 7.11 Å². The molecule has 0 unspecified atom stereocenters. The van der Waals surface area contributed by atoms with Gasteiger partial charge in [0.15, 0.2) is 5.06 Å². The van der Waals surface area contributed by atoms with E-state index in [1.54, 1.807) is 18.8 Å². The summed E-state index contributed by atoms with van der Waals surface area (Å²) >= 11 is 1.49. The van der Waals surface area contributed by atoms with E-state index >= 15 is 0 Å². The van der Waals surface area contributed by atoms with E-state index in [1.807, 2.05) is 0 Å². The average molecular weight is 115 g/mol. The Kier molecular flexibility index (Phi) is 1.26. The minimum Gasteiger partial charge on any atom is -0.486 e. The summed E-state index contributed by atoms with van der Waals surface area (Å²) in [6, 6.07) is 0. The molecule has 0 aliphatic rings. The Morgan fingerprint density at radius 2 is 2.71 bits per heavy atom. The van der Waals surface area contributed by atoms with Gasteiger partial charge in [-0.1, -0.05) is 11.3 Å². The van der Waals surface area contributed by atoms with E-state index in [0.29, 0.717) is 0 Å². The van der Waals surface area contributed by atoms with Crippen molar-refractivity contribution in [3.63, 3.8) is 0 Å². The molecule has 1 heterocycles. The molecule has 0 radical (unpaired) electrons. The molecule has 0 aromatic carbocycles. The summed E-state index contributed by atoms with van der Waals surface area (Å²) in [6.45, 7) is 0. The first-order valence-electron chi connectivity index (χ1n) is 1.86. The van der Waals surface area contributed by atoms with Gasteiger partial charge in [-0.25, -0.2) is 4.98 Å². The molecule has 3 heteroatoms. The van der Waals surface area contributed by atoms with Gasteiger partial charge in [-0.2, -0.15) is 0 Å². The third-order valence-corrected chi connectivity index (χ3v) is 1.34. The van der Waals surface area contributed by atoms with Crippen molar-refractivity contribution in [2.24, 2.45) is 0 Å². The lowest BCUT2D eigenvalue weighted by molar-refractivity contribution is 0.426. The van der Waals surface area contributed by atoms with E-state index in [4.69, 9.17) is 4.74 Å². The van der Waals surface area contributed by atoms with Gasteiger partial charge in [0.05, 0.1) is 18.8 Å². The van der Waals surface area contributed by atoms with Gasteiger partial charge in [-0.3, -0.25) is 0 Å². The van der Waals surface area contributed by atoms with Crippen LogP contribution in [-0.4, -0.2) is 12.1 Å². The average Bonchev–Trinajstić information content (AvgIpc) is 2.14. The van der Waals surface area contributed by atoms with Crippen LogP contribution in [0.1, 0.15) is 0 Å². The highest BCUT2D eigenvalue weighted by molar-refractivity contribution is 7.11. The Balaban J connectivity index is 2.76. The minimum absolute atomic E-state index is 0.861. The van der Waals surface area contributed by atoms with Gasteiger partial charge in [-0.05, 0) is 0 Å². The first-order chi connectivity index (χ1) is 3.43. The topological polar surface area (TPSA) is 22.1 Å². The second-order valence-electron chi connectivity index (χ2n) is 1.02. The predicted octanol–water partition coefficient (Wildman–Crippen LogP) is 1.15. The molecule has 38 valence electrons. The van der Waals surface area contributed by atoms with Crippen molar-refractivity contribution in [2.45, 2.75) is 0 Å². The molecule has 0 fully saturated rings. The van der Waals surface area contributed by atoms with Gasteiger partial charge < -0.3 is 4.74 Å². The van der Waals surface area contributed by atoms with Crippen LogP contribution in [0.3, 0.4) is 0 Å². The van der Waals surface area contributed by atoms with Crippen LogP contribution in [0.2, 0.25) is 0 Å². The van der Waals surface area contributed by atoms with Crippen LogP contribution >= 0.6 is 11.3 Å². The summed E-state index contributed by atoms with van der Waals surface area (Å²) in [5.41, 5.74) is 1.73. The standard InChI is InChI=1S/C4H5NOS/c1-6-4-2-5-3-7-4/h2-3H,1H3. The Morgan fingerprint density at radius 3 is 3.00 bits per heavy atom. The molecule has 0 aliphatic carbocycles. The van der Waals surface area contributed by atoms with Crippen LogP contribution in [0.5, 0.6) is 5.06 Å². The van der Waals surface area contributed by atoms with Crippen molar-refractivity contribution in [3.05, 3.63) is 11.7 Å². The Hall–Kier alpha value is -0.570. The van der Waals surface area contributed by atoms with E-state index in [9.17, 15) is 0 Å². The maximum absolute atomic E-state index is 4.81. The van der Waals surface area contributed by atoms with E-state index in [0.717, 1.165) is 5.06 Å². The van der Waals surface area contributed by atoms with E-state index in [2.05, 4.69) is 4.98 Å². The van der Waals surface area contributed by atoms with E-state index in [1.165, 1.54) is 11.3 Å². The molecule has 0 spiro atoms. The molecule has 7 heavy (non-hydrogen) atoms. The summed E-state index contributed by atoms with van der Waals surface area (Å²) in [5, 5.41) is 0.861. The number of aromatic nitrogens is 1. The van der Waals surface area contributed by atoms with Gasteiger partial charge in [0.2, 0.25) is 0 Å². The van der Waals surface area contributed by atoms with Gasteiger partial charge in [0.1, 0.15) is 0 Å². The highest BCUT2D eigenvalue weighted by Crippen LogP contribution is 2.13. The number of hydrogen-bond acceptors (Lipinski definition) is 3. The van der Waals surface area contributed by atoms with Crippen LogP contribution in [-0.2, 0) is 0 Å². The zero-order valence-corrected chi connectivity index (χ0v) is 4.73. The monoisotopic (exact) mass is 115 g/mol. The van der Waals surface area contributed by atoms with Crippen LogP contribution in [0.4, 0.5) is 0 Å². The van der Waals surface area contributed by atoms with Gasteiger partial charge in [0.25, 0.3) is 0 Å². The summed E-state index contributed by atoms with van der Waals surface area (Å²) < 4.78 is 4.81. The second kappa shape index (κ2) is 1.93. The maximum atomic E-state index is 4.81. The summed E-state index contributed by atoms with van der Waals surface area (Å²) in [5.74, 6) is 0. The zero-order valence-electron chi connectivity index (χ0n) is 3.92. The molecular formula is C4H5NOS. The number of thiazole rings is 1. The molecule has 0 atom stereocenters. The van der Waals surface area contributed by atoms with Crippen molar-refractivity contribution < 1.29 is 4.74 Å². The quantitative estimate of drug-likeness (QED) is 0.547. The zero-order chi connectivity index (χ0) is 5.11. The molecule has 1 rings (SSSR count). The molecule has 0 aliphatic heterocycles. The largest absolute Gasteiger partial charge is 0.486 e. The van der Waals surface area contributed by atoms with Crippen LogP contribution < -0.4 is 4.74 Å². The van der Waals surface area contributed by atoms with Gasteiger partial charge in [-0.15, -0.1) is 0 Å². The fourth-order valence-electron chi connectivity index (χ4n) is 0.305. The lowest BCUT2D eigenvalue weighted by Crippen LogP contribution is -1.73. The predicted molar refractivity (Wildman–Crippen MR) is 28.7 cm³/mol. The number of methoxy groups -OCH3 is 1. The number of nitrogens with zero attached hydrogens (tertiary/aromatic N) is 1. The second-order valence-corrected chi connectivity index (χ2v) is 1.87. The smallest absolute Gasteiger partial charge is 0.193 e. The van der Waals surface area contributed by atoms with Crippen molar-refractivity contribution in [1.29, 1.82) is 0 Å². The van der Waals surface area contributed by atoms with Crippen LogP contribution in [0.15, 0.2) is 11.7 Å². The van der Waals surface area contributed by atoms with Crippen molar-refractivity contribution >= 4 is 11.3 Å². The van der Waals surface area contributed by atoms with Crippen molar-refractivity contribution in [3.8, 4) is 5.06 Å². The minimum atomic E-state index is 0.861. The lowest BCUT2D eigenvalue weighted by Gasteiger charge is -1.84. The summed E-state index contributed by atoms with van der Waals surface area (Å²) in [7, 11) is 1.63. The Labute approximate surface area is 45.8 Å². The molecule has 0 amide bonds. The van der Waals surface area contributed by atoms with Crippen LogP contribution in [0.25, 0.3) is 0 Å². The molecule has 0 saturated heterocycles. The summed E-state index contributed by atoms with van der Waals surface area (Å²) in [6.07, 6.45) is 1.69.